The number of nitrogens with one attached hydrogen (secondary N) is 1. The summed E-state index contributed by atoms with van der Waals surface area (Å²) in [5, 5.41) is 11.2. The lowest BCUT2D eigenvalue weighted by atomic mass is 10.1. The van der Waals surface area contributed by atoms with Gasteiger partial charge in [0.05, 0.1) is 5.56 Å². The highest BCUT2D eigenvalue weighted by Gasteiger charge is 2.26. The van der Waals surface area contributed by atoms with Gasteiger partial charge in [0.25, 0.3) is 0 Å². The summed E-state index contributed by atoms with van der Waals surface area (Å²) in [5.74, 6) is -4.22. The van der Waals surface area contributed by atoms with Gasteiger partial charge < -0.3 is 10.4 Å². The third-order valence-corrected chi connectivity index (χ3v) is 3.97. The highest BCUT2D eigenvalue weighted by atomic mass is 32.2. The number of sulfone groups is 1. The minimum absolute atomic E-state index is 0.369. The third kappa shape index (κ3) is 4.82. The van der Waals surface area contributed by atoms with Crippen LogP contribution in [0.4, 0.5) is 4.39 Å². The first-order valence-electron chi connectivity index (χ1n) is 5.99. The average molecular weight is 317 g/mol. The number of carboxylic acids is 1. The van der Waals surface area contributed by atoms with E-state index in [4.69, 9.17) is 5.11 Å². The number of benzene rings is 1. The van der Waals surface area contributed by atoms with Gasteiger partial charge in [-0.25, -0.2) is 17.6 Å². The molecule has 6 nitrogen and oxygen atoms in total. The van der Waals surface area contributed by atoms with Crippen LogP contribution in [0.1, 0.15) is 31.1 Å². The maximum Gasteiger partial charge on any atom is 0.335 e. The summed E-state index contributed by atoms with van der Waals surface area (Å²) in [5.41, 5.74) is -1.00. The summed E-state index contributed by atoms with van der Waals surface area (Å²) in [6.07, 6.45) is 0. The monoisotopic (exact) mass is 317 g/mol. The van der Waals surface area contributed by atoms with Gasteiger partial charge >= 0.3 is 5.97 Å². The summed E-state index contributed by atoms with van der Waals surface area (Å²) < 4.78 is 37.7. The highest BCUT2D eigenvalue weighted by Crippen LogP contribution is 2.18. The zero-order chi connectivity index (χ0) is 16.4. The number of rotatable bonds is 4. The number of carbonyl (C=O) groups is 2. The Morgan fingerprint density at radius 1 is 1.29 bits per heavy atom. The van der Waals surface area contributed by atoms with Crippen LogP contribution >= 0.6 is 0 Å². The van der Waals surface area contributed by atoms with Crippen molar-refractivity contribution in [2.24, 2.45) is 0 Å². The molecule has 0 aliphatic rings. The molecule has 0 radical (unpaired) electrons. The van der Waals surface area contributed by atoms with E-state index in [1.54, 1.807) is 20.8 Å². The van der Waals surface area contributed by atoms with E-state index in [0.29, 0.717) is 6.07 Å². The van der Waals surface area contributed by atoms with Gasteiger partial charge in [-0.05, 0) is 39.0 Å². The molecule has 2 N–H and O–H groups in total. The normalized spacial score (nSPS) is 12.0. The number of amides is 1. The SMILES string of the molecule is CC(C)(C)NC(=O)CS(=O)(=O)c1cc(C(=O)O)ccc1F. The summed E-state index contributed by atoms with van der Waals surface area (Å²) in [6, 6.07) is 2.40. The Balaban J connectivity index is 3.11. The summed E-state index contributed by atoms with van der Waals surface area (Å²) in [4.78, 5) is 21.7. The molecule has 0 unspecified atom stereocenters. The molecule has 21 heavy (non-hydrogen) atoms. The molecule has 0 aliphatic heterocycles. The molecule has 0 saturated carbocycles. The molecule has 0 bridgehead atoms. The lowest BCUT2D eigenvalue weighted by Crippen LogP contribution is -2.43. The van der Waals surface area contributed by atoms with Crippen molar-refractivity contribution in [3.63, 3.8) is 0 Å². The Bertz CT molecular complexity index is 676. The Morgan fingerprint density at radius 2 is 1.86 bits per heavy atom. The molecule has 0 fully saturated rings. The molecule has 1 aromatic carbocycles. The highest BCUT2D eigenvalue weighted by molar-refractivity contribution is 7.92. The first-order chi connectivity index (χ1) is 9.42. The van der Waals surface area contributed by atoms with E-state index in [1.165, 1.54) is 0 Å². The topological polar surface area (TPSA) is 101 Å². The quantitative estimate of drug-likeness (QED) is 0.869. The smallest absolute Gasteiger partial charge is 0.335 e. The van der Waals surface area contributed by atoms with Gasteiger partial charge in [-0.1, -0.05) is 0 Å². The number of aromatic carboxylic acids is 1. The van der Waals surface area contributed by atoms with E-state index >= 15 is 0 Å². The number of hydrogen-bond donors (Lipinski definition) is 2. The second-order valence-electron chi connectivity index (χ2n) is 5.51. The molecule has 0 atom stereocenters. The van der Waals surface area contributed by atoms with Crippen molar-refractivity contribution in [2.45, 2.75) is 31.2 Å². The van der Waals surface area contributed by atoms with Crippen LogP contribution in [-0.2, 0) is 14.6 Å². The first kappa shape index (κ1) is 17.1. The molecule has 116 valence electrons. The van der Waals surface area contributed by atoms with Crippen molar-refractivity contribution in [3.05, 3.63) is 29.6 Å². The molecule has 1 amide bonds. The Hall–Kier alpha value is -1.96. The van der Waals surface area contributed by atoms with Gasteiger partial charge in [-0.2, -0.15) is 0 Å². The van der Waals surface area contributed by atoms with E-state index in [1.807, 2.05) is 0 Å². The first-order valence-corrected chi connectivity index (χ1v) is 7.64. The van der Waals surface area contributed by atoms with Gasteiger partial charge in [-0.15, -0.1) is 0 Å². The molecule has 0 spiro atoms. The van der Waals surface area contributed by atoms with Crippen LogP contribution in [0.5, 0.6) is 0 Å². The summed E-state index contributed by atoms with van der Waals surface area (Å²) >= 11 is 0. The Labute approximate surface area is 121 Å². The Morgan fingerprint density at radius 3 is 2.33 bits per heavy atom. The van der Waals surface area contributed by atoms with Gasteiger partial charge in [0, 0.05) is 5.54 Å². The van der Waals surface area contributed by atoms with Crippen LogP contribution in [-0.4, -0.2) is 36.7 Å². The minimum atomic E-state index is -4.27. The predicted molar refractivity (Wildman–Crippen MR) is 73.3 cm³/mol. The van der Waals surface area contributed by atoms with Gasteiger partial charge in [0.2, 0.25) is 5.91 Å². The zero-order valence-electron chi connectivity index (χ0n) is 11.8. The molecule has 0 saturated heterocycles. The molecule has 1 aromatic rings. The van der Waals surface area contributed by atoms with Crippen LogP contribution in [0, 0.1) is 5.82 Å². The molecular formula is C13H16FNO5S. The molecule has 1 rings (SSSR count). The summed E-state index contributed by atoms with van der Waals surface area (Å²) in [6.45, 7) is 5.01. The molecule has 0 aromatic heterocycles. The van der Waals surface area contributed by atoms with Crippen molar-refractivity contribution >= 4 is 21.7 Å². The lowest BCUT2D eigenvalue weighted by molar-refractivity contribution is -0.120. The number of carbonyl (C=O) groups excluding carboxylic acids is 1. The van der Waals surface area contributed by atoms with Crippen molar-refractivity contribution in [1.29, 1.82) is 0 Å². The van der Waals surface area contributed by atoms with Crippen LogP contribution in [0.2, 0.25) is 0 Å². The van der Waals surface area contributed by atoms with Gasteiger partial charge in [-0.3, -0.25) is 4.79 Å². The van der Waals surface area contributed by atoms with Crippen LogP contribution in [0.25, 0.3) is 0 Å². The minimum Gasteiger partial charge on any atom is -0.478 e. The maximum absolute atomic E-state index is 13.6. The third-order valence-electron chi connectivity index (χ3n) is 2.35. The maximum atomic E-state index is 13.6. The fourth-order valence-electron chi connectivity index (χ4n) is 1.58. The van der Waals surface area contributed by atoms with Crippen molar-refractivity contribution in [2.75, 3.05) is 5.75 Å². The molecule has 8 heteroatoms. The lowest BCUT2D eigenvalue weighted by Gasteiger charge is -2.20. The van der Waals surface area contributed by atoms with Crippen molar-refractivity contribution < 1.29 is 27.5 Å². The standard InChI is InChI=1S/C13H16FNO5S/c1-13(2,3)15-11(16)7-21(19,20)10-6-8(12(17)18)4-5-9(10)14/h4-6H,7H2,1-3H3,(H,15,16)(H,17,18). The van der Waals surface area contributed by atoms with E-state index in [-0.39, 0.29) is 5.56 Å². The fourth-order valence-corrected chi connectivity index (χ4v) is 2.82. The molecular weight excluding hydrogens is 301 g/mol. The number of hydrogen-bond acceptors (Lipinski definition) is 4. The zero-order valence-corrected chi connectivity index (χ0v) is 12.6. The summed E-state index contributed by atoms with van der Waals surface area (Å²) in [7, 11) is -4.27. The van der Waals surface area contributed by atoms with Gasteiger partial charge in [0.1, 0.15) is 16.5 Å². The number of halogens is 1. The Kier molecular flexibility index (Phi) is 4.72. The van der Waals surface area contributed by atoms with Crippen LogP contribution < -0.4 is 5.32 Å². The largest absolute Gasteiger partial charge is 0.478 e. The van der Waals surface area contributed by atoms with E-state index in [2.05, 4.69) is 5.32 Å². The number of carboxylic acid groups (broad SMARTS) is 1. The van der Waals surface area contributed by atoms with E-state index in [0.717, 1.165) is 12.1 Å². The van der Waals surface area contributed by atoms with Crippen LogP contribution in [0.3, 0.4) is 0 Å². The predicted octanol–water partition coefficient (Wildman–Crippen LogP) is 1.21. The fraction of sp³-hybridized carbons (Fsp3) is 0.385. The molecule has 0 heterocycles. The van der Waals surface area contributed by atoms with Crippen molar-refractivity contribution in [1.82, 2.24) is 5.32 Å². The van der Waals surface area contributed by atoms with Gasteiger partial charge in [0.15, 0.2) is 9.84 Å². The van der Waals surface area contributed by atoms with E-state index in [9.17, 15) is 22.4 Å². The van der Waals surface area contributed by atoms with Crippen molar-refractivity contribution in [3.8, 4) is 0 Å². The van der Waals surface area contributed by atoms with E-state index < -0.39 is 43.7 Å². The second-order valence-corrected chi connectivity index (χ2v) is 7.47. The van der Waals surface area contributed by atoms with Crippen LogP contribution in [0.15, 0.2) is 23.1 Å². The molecule has 0 aliphatic carbocycles. The second kappa shape index (κ2) is 5.80. The average Bonchev–Trinajstić information content (AvgIpc) is 2.24.